The van der Waals surface area contributed by atoms with E-state index >= 15 is 0 Å². The highest BCUT2D eigenvalue weighted by molar-refractivity contribution is 7.10. The summed E-state index contributed by atoms with van der Waals surface area (Å²) in [5.74, 6) is 1.79. The third-order valence-electron chi connectivity index (χ3n) is 5.10. The monoisotopic (exact) mass is 407 g/mol. The molecule has 1 saturated heterocycles. The largest absolute Gasteiger partial charge is 0.365 e. The third-order valence-corrected chi connectivity index (χ3v) is 6.86. The molecule has 1 aromatic carbocycles. The fourth-order valence-electron chi connectivity index (χ4n) is 3.79. The molecule has 3 aromatic heterocycles. The zero-order chi connectivity index (χ0) is 18.8. The lowest BCUT2D eigenvalue weighted by Crippen LogP contribution is -2.24. The van der Waals surface area contributed by atoms with E-state index in [4.69, 9.17) is 9.97 Å². The summed E-state index contributed by atoms with van der Waals surface area (Å²) in [6.07, 6.45) is 4.25. The SMILES string of the molecule is c1csc(CNc2nc(CN3CCCC3c3nccs3)nc3ccccc23)c1. The minimum Gasteiger partial charge on any atom is -0.365 e. The first-order valence-electron chi connectivity index (χ1n) is 9.52. The van der Waals surface area contributed by atoms with Gasteiger partial charge in [-0.2, -0.15) is 0 Å². The number of fused-ring (bicyclic) bond motifs is 1. The number of aromatic nitrogens is 3. The Labute approximate surface area is 172 Å². The van der Waals surface area contributed by atoms with Gasteiger partial charge in [-0.25, -0.2) is 15.0 Å². The van der Waals surface area contributed by atoms with Crippen molar-refractivity contribution in [3.8, 4) is 0 Å². The van der Waals surface area contributed by atoms with Crippen molar-refractivity contribution in [3.05, 3.63) is 69.1 Å². The maximum absolute atomic E-state index is 4.90. The Hall–Kier alpha value is -2.35. The van der Waals surface area contributed by atoms with Gasteiger partial charge in [0, 0.05) is 21.8 Å². The standard InChI is InChI=1S/C21H21N5S2/c1-2-7-17-16(6-1)20(23-13-15-5-4-11-27-15)25-19(24-17)14-26-10-3-8-18(26)21-22-9-12-28-21/h1-2,4-7,9,11-12,18H,3,8,10,13-14H2,(H,23,24,25). The molecular formula is C21H21N5S2. The lowest BCUT2D eigenvalue weighted by Gasteiger charge is -2.22. The summed E-state index contributed by atoms with van der Waals surface area (Å²) in [5.41, 5.74) is 0.992. The lowest BCUT2D eigenvalue weighted by atomic mass is 10.2. The second kappa shape index (κ2) is 7.95. The van der Waals surface area contributed by atoms with Gasteiger partial charge in [0.15, 0.2) is 0 Å². The number of thiophene rings is 1. The quantitative estimate of drug-likeness (QED) is 0.482. The first kappa shape index (κ1) is 17.7. The number of hydrogen-bond acceptors (Lipinski definition) is 7. The van der Waals surface area contributed by atoms with Gasteiger partial charge < -0.3 is 5.32 Å². The number of thiazole rings is 1. The van der Waals surface area contributed by atoms with Gasteiger partial charge in [0.05, 0.1) is 24.6 Å². The van der Waals surface area contributed by atoms with Crippen LogP contribution < -0.4 is 5.32 Å². The lowest BCUT2D eigenvalue weighted by molar-refractivity contribution is 0.242. The summed E-state index contributed by atoms with van der Waals surface area (Å²) in [7, 11) is 0. The van der Waals surface area contributed by atoms with E-state index in [1.54, 1.807) is 22.7 Å². The molecule has 1 aliphatic heterocycles. The summed E-state index contributed by atoms with van der Waals surface area (Å²) < 4.78 is 0. The zero-order valence-electron chi connectivity index (χ0n) is 15.4. The molecule has 5 rings (SSSR count). The summed E-state index contributed by atoms with van der Waals surface area (Å²) in [6.45, 7) is 2.60. The van der Waals surface area contributed by atoms with Crippen molar-refractivity contribution in [2.45, 2.75) is 32.0 Å². The predicted octanol–water partition coefficient (Wildman–Crippen LogP) is 5.10. The molecule has 1 N–H and O–H groups in total. The van der Waals surface area contributed by atoms with Gasteiger partial charge in [-0.3, -0.25) is 4.90 Å². The molecule has 4 heterocycles. The zero-order valence-corrected chi connectivity index (χ0v) is 17.0. The van der Waals surface area contributed by atoms with Crippen molar-refractivity contribution in [1.29, 1.82) is 0 Å². The van der Waals surface area contributed by atoms with Crippen molar-refractivity contribution in [1.82, 2.24) is 19.9 Å². The van der Waals surface area contributed by atoms with Gasteiger partial charge in [0.2, 0.25) is 0 Å². The molecule has 0 spiro atoms. The van der Waals surface area contributed by atoms with E-state index in [2.05, 4.69) is 50.2 Å². The Kier molecular flexibility index (Phi) is 5.03. The molecule has 0 saturated carbocycles. The predicted molar refractivity (Wildman–Crippen MR) is 116 cm³/mol. The Morgan fingerprint density at radius 2 is 2.04 bits per heavy atom. The van der Waals surface area contributed by atoms with Crippen LogP contribution in [0.15, 0.2) is 53.4 Å². The van der Waals surface area contributed by atoms with E-state index in [1.807, 2.05) is 18.3 Å². The molecule has 4 aromatic rings. The van der Waals surface area contributed by atoms with Crippen molar-refractivity contribution in [2.24, 2.45) is 0 Å². The van der Waals surface area contributed by atoms with Crippen molar-refractivity contribution in [2.75, 3.05) is 11.9 Å². The average molecular weight is 408 g/mol. The first-order chi connectivity index (χ1) is 13.9. The fourth-order valence-corrected chi connectivity index (χ4v) is 5.24. The summed E-state index contributed by atoms with van der Waals surface area (Å²) >= 11 is 3.50. The van der Waals surface area contributed by atoms with Gasteiger partial charge in [-0.15, -0.1) is 22.7 Å². The van der Waals surface area contributed by atoms with Gasteiger partial charge in [0.1, 0.15) is 16.6 Å². The smallest absolute Gasteiger partial charge is 0.145 e. The van der Waals surface area contributed by atoms with E-state index in [0.29, 0.717) is 6.04 Å². The highest BCUT2D eigenvalue weighted by Gasteiger charge is 2.28. The van der Waals surface area contributed by atoms with Crippen molar-refractivity contribution in [3.63, 3.8) is 0 Å². The Balaban J connectivity index is 1.42. The number of para-hydroxylation sites is 1. The molecule has 1 fully saturated rings. The summed E-state index contributed by atoms with van der Waals surface area (Å²) in [5, 5.41) is 9.96. The first-order valence-corrected chi connectivity index (χ1v) is 11.3. The maximum atomic E-state index is 4.90. The van der Waals surface area contributed by atoms with E-state index in [-0.39, 0.29) is 0 Å². The minimum absolute atomic E-state index is 0.387. The molecule has 7 heteroatoms. The molecule has 142 valence electrons. The Bertz CT molecular complexity index is 1050. The van der Waals surface area contributed by atoms with Crippen LogP contribution in [0.2, 0.25) is 0 Å². The second-order valence-corrected chi connectivity index (χ2v) is 8.90. The van der Waals surface area contributed by atoms with Crippen LogP contribution >= 0.6 is 22.7 Å². The molecule has 1 atom stereocenters. The second-order valence-electron chi connectivity index (χ2n) is 6.94. The van der Waals surface area contributed by atoms with E-state index < -0.39 is 0 Å². The minimum atomic E-state index is 0.387. The third kappa shape index (κ3) is 3.65. The maximum Gasteiger partial charge on any atom is 0.145 e. The highest BCUT2D eigenvalue weighted by Crippen LogP contribution is 2.34. The van der Waals surface area contributed by atoms with Gasteiger partial charge in [0.25, 0.3) is 0 Å². The van der Waals surface area contributed by atoms with Crippen molar-refractivity contribution >= 4 is 39.4 Å². The molecule has 1 unspecified atom stereocenters. The number of nitrogens with one attached hydrogen (secondary N) is 1. The van der Waals surface area contributed by atoms with Crippen LogP contribution in [0, 0.1) is 0 Å². The topological polar surface area (TPSA) is 53.9 Å². The molecule has 1 aliphatic rings. The van der Waals surface area contributed by atoms with E-state index in [1.165, 1.54) is 16.3 Å². The molecule has 0 amide bonds. The Morgan fingerprint density at radius 3 is 2.89 bits per heavy atom. The normalized spacial score (nSPS) is 17.4. The number of anilines is 1. The summed E-state index contributed by atoms with van der Waals surface area (Å²) in [6, 6.07) is 12.8. The van der Waals surface area contributed by atoms with Gasteiger partial charge in [-0.1, -0.05) is 18.2 Å². The van der Waals surface area contributed by atoms with E-state index in [9.17, 15) is 0 Å². The molecule has 28 heavy (non-hydrogen) atoms. The van der Waals surface area contributed by atoms with Gasteiger partial charge in [-0.05, 0) is 43.0 Å². The number of nitrogens with zero attached hydrogens (tertiary/aromatic N) is 4. The number of benzene rings is 1. The number of likely N-dealkylation sites (tertiary alicyclic amines) is 1. The average Bonchev–Trinajstić information content (AvgIpc) is 3.48. The van der Waals surface area contributed by atoms with Crippen LogP contribution in [0.4, 0.5) is 5.82 Å². The fraction of sp³-hybridized carbons (Fsp3) is 0.286. The molecule has 5 nitrogen and oxygen atoms in total. The van der Waals surface area contributed by atoms with Crippen LogP contribution in [0.25, 0.3) is 10.9 Å². The van der Waals surface area contributed by atoms with Crippen LogP contribution in [0.3, 0.4) is 0 Å². The van der Waals surface area contributed by atoms with Gasteiger partial charge >= 0.3 is 0 Å². The van der Waals surface area contributed by atoms with Crippen LogP contribution in [-0.4, -0.2) is 26.4 Å². The molecule has 0 aliphatic carbocycles. The number of hydrogen-bond donors (Lipinski definition) is 1. The summed E-state index contributed by atoms with van der Waals surface area (Å²) in [4.78, 5) is 18.1. The van der Waals surface area contributed by atoms with Crippen LogP contribution in [0.5, 0.6) is 0 Å². The molecular weight excluding hydrogens is 386 g/mol. The Morgan fingerprint density at radius 1 is 1.07 bits per heavy atom. The van der Waals surface area contributed by atoms with E-state index in [0.717, 1.165) is 48.6 Å². The molecule has 0 bridgehead atoms. The van der Waals surface area contributed by atoms with Crippen LogP contribution in [-0.2, 0) is 13.1 Å². The van der Waals surface area contributed by atoms with Crippen molar-refractivity contribution < 1.29 is 0 Å². The van der Waals surface area contributed by atoms with Crippen LogP contribution in [0.1, 0.15) is 34.6 Å². The molecule has 0 radical (unpaired) electrons. The highest BCUT2D eigenvalue weighted by atomic mass is 32.1. The number of rotatable bonds is 6.